The van der Waals surface area contributed by atoms with Crippen molar-refractivity contribution < 1.29 is 27.6 Å². The number of halogens is 4. The normalized spacial score (nSPS) is 11.2. The minimum Gasteiger partial charge on any atom is -0.486 e. The molecule has 0 radical (unpaired) electrons. The van der Waals surface area contributed by atoms with Crippen LogP contribution in [0, 0.1) is 10.1 Å². The molecule has 0 bridgehead atoms. The van der Waals surface area contributed by atoms with E-state index in [4.69, 9.17) is 0 Å². The van der Waals surface area contributed by atoms with E-state index in [1.54, 1.807) is 0 Å². The third-order valence-electron chi connectivity index (χ3n) is 1.73. The molecule has 0 aliphatic carbocycles. The van der Waals surface area contributed by atoms with Gasteiger partial charge < -0.3 is 9.47 Å². The lowest BCUT2D eigenvalue weighted by atomic mass is 10.3. The van der Waals surface area contributed by atoms with Gasteiger partial charge in [0.25, 0.3) is 11.6 Å². The summed E-state index contributed by atoms with van der Waals surface area (Å²) in [6.45, 7) is 0. The van der Waals surface area contributed by atoms with Crippen LogP contribution in [0.4, 0.5) is 18.9 Å². The van der Waals surface area contributed by atoms with Crippen LogP contribution in [-0.4, -0.2) is 23.4 Å². The first-order valence-corrected chi connectivity index (χ1v) is 5.44. The molecule has 1 aromatic rings. The highest BCUT2D eigenvalue weighted by atomic mass is 79.9. The number of alkyl halides is 4. The SMILES string of the molecule is COc1c([N+](=O)[O-])cc(CBr)nc1OC(F)(F)F. The third kappa shape index (κ3) is 3.45. The average Bonchev–Trinajstić information content (AvgIpc) is 2.25. The van der Waals surface area contributed by atoms with Crippen molar-refractivity contribution in [3.8, 4) is 11.6 Å². The fourth-order valence-electron chi connectivity index (χ4n) is 1.12. The van der Waals surface area contributed by atoms with Gasteiger partial charge in [0, 0.05) is 11.4 Å². The van der Waals surface area contributed by atoms with Gasteiger partial charge in [0.15, 0.2) is 0 Å². The molecular formula is C8H6BrF3N2O4. The average molecular weight is 331 g/mol. The minimum absolute atomic E-state index is 0.0155. The summed E-state index contributed by atoms with van der Waals surface area (Å²) < 4.78 is 44.5. The largest absolute Gasteiger partial charge is 0.574 e. The number of rotatable bonds is 4. The second kappa shape index (κ2) is 5.38. The van der Waals surface area contributed by atoms with E-state index in [0.29, 0.717) is 0 Å². The van der Waals surface area contributed by atoms with Gasteiger partial charge in [-0.2, -0.15) is 0 Å². The molecule has 6 nitrogen and oxygen atoms in total. The van der Waals surface area contributed by atoms with Crippen molar-refractivity contribution in [3.05, 3.63) is 21.9 Å². The summed E-state index contributed by atoms with van der Waals surface area (Å²) >= 11 is 2.94. The lowest BCUT2D eigenvalue weighted by Gasteiger charge is -2.12. The molecule has 0 amide bonds. The molecule has 0 fully saturated rings. The number of nitrogens with zero attached hydrogens (tertiary/aromatic N) is 2. The molecule has 1 aromatic heterocycles. The maximum atomic E-state index is 12.1. The van der Waals surface area contributed by atoms with Gasteiger partial charge in [-0.15, -0.1) is 13.2 Å². The molecule has 1 rings (SSSR count). The molecule has 100 valence electrons. The van der Waals surface area contributed by atoms with Crippen LogP contribution in [0.5, 0.6) is 11.6 Å². The molecule has 0 saturated heterocycles. The highest BCUT2D eigenvalue weighted by Gasteiger charge is 2.36. The predicted octanol–water partition coefficient (Wildman–Crippen LogP) is 2.79. The van der Waals surface area contributed by atoms with E-state index >= 15 is 0 Å². The van der Waals surface area contributed by atoms with E-state index in [2.05, 4.69) is 30.4 Å². The number of ether oxygens (including phenoxy) is 2. The summed E-state index contributed by atoms with van der Waals surface area (Å²) in [6, 6.07) is 0.997. The Morgan fingerprint density at radius 2 is 2.17 bits per heavy atom. The lowest BCUT2D eigenvalue weighted by molar-refractivity contribution is -0.386. The highest BCUT2D eigenvalue weighted by Crippen LogP contribution is 2.38. The second-order valence-electron chi connectivity index (χ2n) is 2.91. The van der Waals surface area contributed by atoms with Crippen LogP contribution < -0.4 is 9.47 Å². The maximum Gasteiger partial charge on any atom is 0.574 e. The molecule has 0 unspecified atom stereocenters. The first-order chi connectivity index (χ1) is 8.28. The van der Waals surface area contributed by atoms with E-state index in [-0.39, 0.29) is 11.0 Å². The molecule has 18 heavy (non-hydrogen) atoms. The Labute approximate surface area is 107 Å². The Bertz CT molecular complexity index is 466. The minimum atomic E-state index is -5.01. The van der Waals surface area contributed by atoms with Gasteiger partial charge in [-0.3, -0.25) is 10.1 Å². The van der Waals surface area contributed by atoms with Crippen LogP contribution in [0.25, 0.3) is 0 Å². The quantitative estimate of drug-likeness (QED) is 0.482. The number of hydrogen-bond acceptors (Lipinski definition) is 5. The van der Waals surface area contributed by atoms with Crippen molar-refractivity contribution >= 4 is 21.6 Å². The fraction of sp³-hybridized carbons (Fsp3) is 0.375. The predicted molar refractivity (Wildman–Crippen MR) is 56.8 cm³/mol. The molecule has 0 saturated carbocycles. The van der Waals surface area contributed by atoms with Gasteiger partial charge >= 0.3 is 12.0 Å². The van der Waals surface area contributed by atoms with Crippen LogP contribution >= 0.6 is 15.9 Å². The summed E-state index contributed by atoms with van der Waals surface area (Å²) in [5, 5.41) is 10.7. The fourth-order valence-corrected chi connectivity index (χ4v) is 1.41. The van der Waals surface area contributed by atoms with Crippen molar-refractivity contribution in [2.45, 2.75) is 11.7 Å². The highest BCUT2D eigenvalue weighted by molar-refractivity contribution is 9.08. The molecule has 1 heterocycles. The smallest absolute Gasteiger partial charge is 0.486 e. The van der Waals surface area contributed by atoms with Gasteiger partial charge in [-0.25, -0.2) is 4.98 Å². The summed E-state index contributed by atoms with van der Waals surface area (Å²) in [5.41, 5.74) is -0.636. The lowest BCUT2D eigenvalue weighted by Crippen LogP contribution is -2.19. The molecule has 0 aliphatic heterocycles. The molecule has 0 aromatic carbocycles. The summed E-state index contributed by atoms with van der Waals surface area (Å²) in [5.74, 6) is -1.67. The summed E-state index contributed by atoms with van der Waals surface area (Å²) in [4.78, 5) is 13.3. The van der Waals surface area contributed by atoms with E-state index in [1.807, 2.05) is 0 Å². The van der Waals surface area contributed by atoms with E-state index in [9.17, 15) is 23.3 Å². The van der Waals surface area contributed by atoms with Crippen LogP contribution in [0.1, 0.15) is 5.69 Å². The maximum absolute atomic E-state index is 12.1. The van der Waals surface area contributed by atoms with Crippen molar-refractivity contribution in [2.75, 3.05) is 7.11 Å². The summed E-state index contributed by atoms with van der Waals surface area (Å²) in [7, 11) is 0.987. The molecule has 0 aliphatic rings. The van der Waals surface area contributed by atoms with Crippen molar-refractivity contribution in [1.29, 1.82) is 0 Å². The molecular weight excluding hydrogens is 325 g/mol. The Balaban J connectivity index is 3.37. The van der Waals surface area contributed by atoms with Crippen LogP contribution in [0.15, 0.2) is 6.07 Å². The Kier molecular flexibility index (Phi) is 4.33. The number of nitro groups is 1. The number of methoxy groups -OCH3 is 1. The van der Waals surface area contributed by atoms with Crippen LogP contribution in [-0.2, 0) is 5.33 Å². The zero-order valence-corrected chi connectivity index (χ0v) is 10.4. The van der Waals surface area contributed by atoms with Gasteiger partial charge in [0.2, 0.25) is 0 Å². The Hall–Kier alpha value is -1.58. The standard InChI is InChI=1S/C8H6BrF3N2O4/c1-17-6-5(14(15)16)2-4(3-9)13-7(6)18-8(10,11)12/h2H,3H2,1H3. The van der Waals surface area contributed by atoms with Crippen molar-refractivity contribution in [2.24, 2.45) is 0 Å². The molecule has 10 heteroatoms. The van der Waals surface area contributed by atoms with Crippen LogP contribution in [0.2, 0.25) is 0 Å². The van der Waals surface area contributed by atoms with Gasteiger partial charge in [0.1, 0.15) is 0 Å². The number of aromatic nitrogens is 1. The second-order valence-corrected chi connectivity index (χ2v) is 3.47. The first-order valence-electron chi connectivity index (χ1n) is 4.32. The van der Waals surface area contributed by atoms with Crippen molar-refractivity contribution in [3.63, 3.8) is 0 Å². The van der Waals surface area contributed by atoms with E-state index in [1.165, 1.54) is 0 Å². The number of pyridine rings is 1. The monoisotopic (exact) mass is 330 g/mol. The van der Waals surface area contributed by atoms with Crippen molar-refractivity contribution in [1.82, 2.24) is 4.98 Å². The summed E-state index contributed by atoms with van der Waals surface area (Å²) in [6.07, 6.45) is -5.01. The topological polar surface area (TPSA) is 74.5 Å². The van der Waals surface area contributed by atoms with Gasteiger partial charge in [0.05, 0.1) is 17.7 Å². The zero-order chi connectivity index (χ0) is 13.9. The molecule has 0 atom stereocenters. The zero-order valence-electron chi connectivity index (χ0n) is 8.82. The van der Waals surface area contributed by atoms with E-state index in [0.717, 1.165) is 13.2 Å². The van der Waals surface area contributed by atoms with Gasteiger partial charge in [-0.1, -0.05) is 15.9 Å². The van der Waals surface area contributed by atoms with Gasteiger partial charge in [-0.05, 0) is 0 Å². The van der Waals surface area contributed by atoms with Crippen LogP contribution in [0.3, 0.4) is 0 Å². The number of hydrogen-bond donors (Lipinski definition) is 0. The molecule has 0 spiro atoms. The third-order valence-corrected chi connectivity index (χ3v) is 2.30. The van der Waals surface area contributed by atoms with E-state index < -0.39 is 28.6 Å². The Morgan fingerprint density at radius 3 is 2.56 bits per heavy atom. The first kappa shape index (κ1) is 14.5. The Morgan fingerprint density at radius 1 is 1.56 bits per heavy atom. The molecule has 0 N–H and O–H groups in total.